The first-order valence-corrected chi connectivity index (χ1v) is 6.09. The second-order valence-electron chi connectivity index (χ2n) is 3.67. The van der Waals surface area contributed by atoms with Crippen LogP contribution in [0.15, 0.2) is 29.0 Å². The van der Waals surface area contributed by atoms with Crippen LogP contribution in [0.25, 0.3) is 0 Å². The van der Waals surface area contributed by atoms with Gasteiger partial charge in [-0.15, -0.1) is 5.10 Å². The largest absolute Gasteiger partial charge is 0.465 e. The lowest BCUT2D eigenvalue weighted by molar-refractivity contribution is 0.0599. The molecule has 19 heavy (non-hydrogen) atoms. The lowest BCUT2D eigenvalue weighted by Gasteiger charge is -2.08. The lowest BCUT2D eigenvalue weighted by Crippen LogP contribution is -2.09. The van der Waals surface area contributed by atoms with Crippen molar-refractivity contribution in [2.24, 2.45) is 0 Å². The summed E-state index contributed by atoms with van der Waals surface area (Å²) in [6.07, 6.45) is 1.44. The van der Waals surface area contributed by atoms with E-state index in [1.165, 1.54) is 18.1 Å². The number of methoxy groups -OCH3 is 1. The van der Waals surface area contributed by atoms with Gasteiger partial charge in [0.1, 0.15) is 12.4 Å². The smallest absolute Gasteiger partial charge is 0.338 e. The zero-order valence-electron chi connectivity index (χ0n) is 10.00. The lowest BCUT2D eigenvalue weighted by atomic mass is 10.1. The fourth-order valence-electron chi connectivity index (χ4n) is 1.60. The molecular weight excluding hydrogens is 312 g/mol. The molecule has 0 aliphatic carbocycles. The van der Waals surface area contributed by atoms with Crippen molar-refractivity contribution in [3.05, 3.63) is 46.0 Å². The minimum absolute atomic E-state index is 0.0922. The zero-order chi connectivity index (χ0) is 13.8. The summed E-state index contributed by atoms with van der Waals surface area (Å²) in [5, 5.41) is 12.6. The molecule has 1 heterocycles. The number of carbonyl (C=O) groups excluding carboxylic acids is 1. The zero-order valence-corrected chi connectivity index (χ0v) is 11.6. The number of ether oxygens (including phenoxy) is 1. The summed E-state index contributed by atoms with van der Waals surface area (Å²) in [5.74, 6) is -0.322. The molecule has 0 saturated carbocycles. The van der Waals surface area contributed by atoms with Crippen molar-refractivity contribution < 1.29 is 9.53 Å². The third-order valence-electron chi connectivity index (χ3n) is 2.44. The predicted octanol–water partition coefficient (Wildman–Crippen LogP) is 1.75. The second-order valence-corrected chi connectivity index (χ2v) is 4.59. The van der Waals surface area contributed by atoms with Crippen molar-refractivity contribution in [1.29, 1.82) is 5.26 Å². The highest BCUT2D eigenvalue weighted by Gasteiger charge is 2.13. The second kappa shape index (κ2) is 5.63. The Kier molecular flexibility index (Phi) is 3.92. The Morgan fingerprint density at radius 3 is 3.00 bits per heavy atom. The summed E-state index contributed by atoms with van der Waals surface area (Å²) in [5.41, 5.74) is 1.19. The maximum Gasteiger partial charge on any atom is 0.338 e. The van der Waals surface area contributed by atoms with Crippen molar-refractivity contribution in [2.75, 3.05) is 7.11 Å². The van der Waals surface area contributed by atoms with Gasteiger partial charge in [0.15, 0.2) is 0 Å². The molecule has 0 bridgehead atoms. The van der Waals surface area contributed by atoms with Crippen LogP contribution in [0.5, 0.6) is 0 Å². The van der Waals surface area contributed by atoms with Crippen molar-refractivity contribution in [2.45, 2.75) is 6.54 Å². The number of nitriles is 1. The first kappa shape index (κ1) is 13.2. The number of carbonyl (C=O) groups is 1. The van der Waals surface area contributed by atoms with Crippen molar-refractivity contribution in [3.8, 4) is 6.07 Å². The van der Waals surface area contributed by atoms with E-state index in [-0.39, 0.29) is 5.82 Å². The number of esters is 1. The van der Waals surface area contributed by atoms with E-state index in [0.717, 1.165) is 10.0 Å². The van der Waals surface area contributed by atoms with Gasteiger partial charge < -0.3 is 4.74 Å². The van der Waals surface area contributed by atoms with E-state index in [9.17, 15) is 4.79 Å². The Morgan fingerprint density at radius 1 is 1.58 bits per heavy atom. The van der Waals surface area contributed by atoms with Gasteiger partial charge in [0.05, 0.1) is 19.2 Å². The standard InChI is InChI=1S/C12H9BrN4O2/c1-19-12(18)10-3-2-9(13)4-8(10)6-17-7-15-11(5-14)16-17/h2-4,7H,6H2,1H3. The van der Waals surface area contributed by atoms with Gasteiger partial charge in [0.2, 0.25) is 0 Å². The number of hydrogen-bond donors (Lipinski definition) is 0. The van der Waals surface area contributed by atoms with Gasteiger partial charge >= 0.3 is 5.97 Å². The molecule has 1 aromatic heterocycles. The highest BCUT2D eigenvalue weighted by Crippen LogP contribution is 2.18. The van der Waals surface area contributed by atoms with Gasteiger partial charge in [-0.1, -0.05) is 15.9 Å². The summed E-state index contributed by atoms with van der Waals surface area (Å²) in [7, 11) is 1.33. The Morgan fingerprint density at radius 2 is 2.37 bits per heavy atom. The molecule has 7 heteroatoms. The number of aromatic nitrogens is 3. The quantitative estimate of drug-likeness (QED) is 0.805. The van der Waals surface area contributed by atoms with Crippen LogP contribution in [0, 0.1) is 11.3 Å². The Bertz CT molecular complexity index is 660. The minimum Gasteiger partial charge on any atom is -0.465 e. The van der Waals surface area contributed by atoms with Crippen molar-refractivity contribution in [3.63, 3.8) is 0 Å². The van der Waals surface area contributed by atoms with E-state index in [1.807, 2.05) is 6.07 Å². The molecule has 96 valence electrons. The molecule has 6 nitrogen and oxygen atoms in total. The first-order valence-electron chi connectivity index (χ1n) is 5.30. The molecule has 0 aliphatic heterocycles. The van der Waals surface area contributed by atoms with Crippen LogP contribution >= 0.6 is 15.9 Å². The SMILES string of the molecule is COC(=O)c1ccc(Br)cc1Cn1cnc(C#N)n1. The minimum atomic E-state index is -0.414. The summed E-state index contributed by atoms with van der Waals surface area (Å²) in [6.45, 7) is 0.332. The topological polar surface area (TPSA) is 80.8 Å². The average molecular weight is 321 g/mol. The van der Waals surface area contributed by atoms with E-state index < -0.39 is 5.97 Å². The molecule has 0 fully saturated rings. The Labute approximate surface area is 117 Å². The molecule has 0 saturated heterocycles. The van der Waals surface area contributed by atoms with Crippen LogP contribution in [0.1, 0.15) is 21.7 Å². The van der Waals surface area contributed by atoms with Crippen LogP contribution in [0.2, 0.25) is 0 Å². The van der Waals surface area contributed by atoms with E-state index in [1.54, 1.807) is 18.2 Å². The third kappa shape index (κ3) is 2.98. The predicted molar refractivity (Wildman–Crippen MR) is 69.3 cm³/mol. The summed E-state index contributed by atoms with van der Waals surface area (Å²) in [4.78, 5) is 15.5. The molecule has 1 aromatic carbocycles. The van der Waals surface area contributed by atoms with E-state index in [2.05, 4.69) is 26.0 Å². The number of halogens is 1. The third-order valence-corrected chi connectivity index (χ3v) is 2.93. The molecular formula is C12H9BrN4O2. The molecule has 2 rings (SSSR count). The average Bonchev–Trinajstić information content (AvgIpc) is 2.86. The Hall–Kier alpha value is -2.20. The van der Waals surface area contributed by atoms with Gasteiger partial charge in [0, 0.05) is 4.47 Å². The molecule has 0 atom stereocenters. The fourth-order valence-corrected chi connectivity index (χ4v) is 2.01. The number of nitrogens with zero attached hydrogens (tertiary/aromatic N) is 4. The maximum atomic E-state index is 11.7. The van der Waals surface area contributed by atoms with Crippen LogP contribution in [0.3, 0.4) is 0 Å². The summed E-state index contributed by atoms with van der Waals surface area (Å²) >= 11 is 3.35. The molecule has 0 unspecified atom stereocenters. The summed E-state index contributed by atoms with van der Waals surface area (Å²) < 4.78 is 7.07. The van der Waals surface area contributed by atoms with E-state index in [4.69, 9.17) is 10.00 Å². The van der Waals surface area contributed by atoms with Crippen molar-refractivity contribution >= 4 is 21.9 Å². The fraction of sp³-hybridized carbons (Fsp3) is 0.167. The first-order chi connectivity index (χ1) is 9.13. The molecule has 2 aromatic rings. The van der Waals surface area contributed by atoms with Crippen LogP contribution in [-0.2, 0) is 11.3 Å². The van der Waals surface area contributed by atoms with Gasteiger partial charge in [-0.2, -0.15) is 5.26 Å². The normalized spacial score (nSPS) is 9.95. The van der Waals surface area contributed by atoms with Gasteiger partial charge in [-0.05, 0) is 23.8 Å². The molecule has 0 radical (unpaired) electrons. The molecule has 0 aliphatic rings. The van der Waals surface area contributed by atoms with Crippen molar-refractivity contribution in [1.82, 2.24) is 14.8 Å². The highest BCUT2D eigenvalue weighted by atomic mass is 79.9. The number of hydrogen-bond acceptors (Lipinski definition) is 5. The molecule has 0 amide bonds. The van der Waals surface area contributed by atoms with Crippen LogP contribution in [0.4, 0.5) is 0 Å². The Balaban J connectivity index is 2.35. The number of benzene rings is 1. The van der Waals surface area contributed by atoms with Crippen LogP contribution < -0.4 is 0 Å². The monoisotopic (exact) mass is 320 g/mol. The van der Waals surface area contributed by atoms with E-state index >= 15 is 0 Å². The van der Waals surface area contributed by atoms with Crippen LogP contribution in [-0.4, -0.2) is 27.8 Å². The summed E-state index contributed by atoms with van der Waals surface area (Å²) in [6, 6.07) is 7.09. The number of rotatable bonds is 3. The maximum absolute atomic E-state index is 11.7. The van der Waals surface area contributed by atoms with Gasteiger partial charge in [0.25, 0.3) is 5.82 Å². The molecule has 0 spiro atoms. The highest BCUT2D eigenvalue weighted by molar-refractivity contribution is 9.10. The van der Waals surface area contributed by atoms with Gasteiger partial charge in [-0.25, -0.2) is 14.5 Å². The van der Waals surface area contributed by atoms with Gasteiger partial charge in [-0.3, -0.25) is 0 Å². The molecule has 0 N–H and O–H groups in total. The van der Waals surface area contributed by atoms with E-state index in [0.29, 0.717) is 12.1 Å².